The van der Waals surface area contributed by atoms with Gasteiger partial charge in [-0.1, -0.05) is 17.7 Å². The highest BCUT2D eigenvalue weighted by Crippen LogP contribution is 2.44. The van der Waals surface area contributed by atoms with Crippen LogP contribution >= 0.6 is 0 Å². The van der Waals surface area contributed by atoms with Crippen molar-refractivity contribution in [1.82, 2.24) is 0 Å². The van der Waals surface area contributed by atoms with E-state index in [4.69, 9.17) is 23.7 Å². The first-order valence-corrected chi connectivity index (χ1v) is 10.7. The maximum Gasteiger partial charge on any atom is 0.187 e. The van der Waals surface area contributed by atoms with Crippen molar-refractivity contribution in [2.24, 2.45) is 5.92 Å². The van der Waals surface area contributed by atoms with Gasteiger partial charge in [-0.15, -0.1) is 0 Å². The molecule has 0 bridgehead atoms. The molecular formula is C20H28O6S. The van der Waals surface area contributed by atoms with E-state index in [1.165, 1.54) is 0 Å². The molecule has 0 radical (unpaired) electrons. The van der Waals surface area contributed by atoms with E-state index in [0.29, 0.717) is 12.4 Å². The van der Waals surface area contributed by atoms with Gasteiger partial charge >= 0.3 is 0 Å². The van der Waals surface area contributed by atoms with Gasteiger partial charge in [0.25, 0.3) is 0 Å². The van der Waals surface area contributed by atoms with E-state index in [0.717, 1.165) is 10.5 Å². The number of hydrogen-bond donors (Lipinski definition) is 0. The fourth-order valence-electron chi connectivity index (χ4n) is 3.99. The summed E-state index contributed by atoms with van der Waals surface area (Å²) in [7, 11) is -1.17. The molecule has 1 aromatic carbocycles. The normalized spacial score (nSPS) is 38.0. The van der Waals surface area contributed by atoms with Crippen molar-refractivity contribution in [3.63, 3.8) is 0 Å². The van der Waals surface area contributed by atoms with E-state index >= 15 is 0 Å². The van der Waals surface area contributed by atoms with Gasteiger partial charge in [0, 0.05) is 16.6 Å². The summed E-state index contributed by atoms with van der Waals surface area (Å²) < 4.78 is 43.0. The SMILES string of the molecule is Cc1ccc([S@](=O)CC2C3OC(C)(C)OC3OC2[C@H]2COC(C)(C)O2)cc1. The number of rotatable bonds is 4. The third-order valence-electron chi connectivity index (χ3n) is 5.25. The second-order valence-corrected chi connectivity index (χ2v) is 9.92. The lowest BCUT2D eigenvalue weighted by molar-refractivity contribution is -0.226. The Labute approximate surface area is 162 Å². The highest BCUT2D eigenvalue weighted by Gasteiger charge is 2.58. The Kier molecular flexibility index (Phi) is 4.98. The number of fused-ring (bicyclic) bond motifs is 1. The quantitative estimate of drug-likeness (QED) is 0.780. The minimum absolute atomic E-state index is 0.110. The lowest BCUT2D eigenvalue weighted by Crippen LogP contribution is -2.41. The third kappa shape index (κ3) is 3.99. The van der Waals surface area contributed by atoms with Crippen LogP contribution in [-0.4, -0.2) is 52.7 Å². The van der Waals surface area contributed by atoms with Crippen LogP contribution in [0.5, 0.6) is 0 Å². The van der Waals surface area contributed by atoms with Crippen LogP contribution in [0.4, 0.5) is 0 Å². The average Bonchev–Trinajstić information content (AvgIpc) is 3.18. The van der Waals surface area contributed by atoms with Crippen molar-refractivity contribution >= 4 is 10.8 Å². The van der Waals surface area contributed by atoms with Crippen LogP contribution in [0, 0.1) is 12.8 Å². The second-order valence-electron chi connectivity index (χ2n) is 8.43. The second kappa shape index (κ2) is 6.90. The molecule has 3 heterocycles. The van der Waals surface area contributed by atoms with E-state index < -0.39 is 28.7 Å². The van der Waals surface area contributed by atoms with Crippen molar-refractivity contribution in [3.05, 3.63) is 29.8 Å². The van der Waals surface area contributed by atoms with Crippen molar-refractivity contribution in [2.45, 2.75) is 75.7 Å². The molecule has 0 saturated carbocycles. The minimum Gasteiger partial charge on any atom is -0.348 e. The molecule has 0 spiro atoms. The number of aryl methyl sites for hydroxylation is 1. The molecule has 3 fully saturated rings. The van der Waals surface area contributed by atoms with Crippen LogP contribution in [0.1, 0.15) is 33.3 Å². The van der Waals surface area contributed by atoms with Gasteiger partial charge in [0.15, 0.2) is 17.9 Å². The zero-order chi connectivity index (χ0) is 19.4. The Morgan fingerprint density at radius 1 is 1.00 bits per heavy atom. The van der Waals surface area contributed by atoms with Gasteiger partial charge in [0.05, 0.1) is 23.5 Å². The third-order valence-corrected chi connectivity index (χ3v) is 6.73. The summed E-state index contributed by atoms with van der Waals surface area (Å²) >= 11 is 0. The molecule has 0 aromatic heterocycles. The summed E-state index contributed by atoms with van der Waals surface area (Å²) in [5.41, 5.74) is 1.14. The van der Waals surface area contributed by atoms with Crippen molar-refractivity contribution in [2.75, 3.05) is 12.4 Å². The summed E-state index contributed by atoms with van der Waals surface area (Å²) in [4.78, 5) is 0.810. The predicted octanol–water partition coefficient (Wildman–Crippen LogP) is 2.75. The van der Waals surface area contributed by atoms with Gasteiger partial charge in [-0.25, -0.2) is 0 Å². The minimum atomic E-state index is -1.17. The van der Waals surface area contributed by atoms with E-state index in [-0.39, 0.29) is 24.2 Å². The molecule has 0 amide bonds. The molecule has 0 aliphatic carbocycles. The van der Waals surface area contributed by atoms with E-state index in [1.54, 1.807) is 0 Å². The molecule has 1 aromatic rings. The standard InChI is InChI=1S/C20H28O6S/c1-12-6-8-13(9-7-12)27(21)11-14-16(15-10-22-19(2,3)24-15)23-18-17(14)25-20(4,5)26-18/h6-9,14-18H,10-11H2,1-5H3/t14?,15-,16?,17?,18?,27-/m1/s1. The zero-order valence-corrected chi connectivity index (χ0v) is 17.3. The largest absolute Gasteiger partial charge is 0.348 e. The Bertz CT molecular complexity index is 716. The van der Waals surface area contributed by atoms with Gasteiger partial charge in [-0.3, -0.25) is 4.21 Å². The fraction of sp³-hybridized carbons (Fsp3) is 0.700. The summed E-state index contributed by atoms with van der Waals surface area (Å²) in [6.45, 7) is 9.97. The van der Waals surface area contributed by atoms with Gasteiger partial charge < -0.3 is 23.7 Å². The molecular weight excluding hydrogens is 368 g/mol. The summed E-state index contributed by atoms with van der Waals surface area (Å²) in [6.07, 6.45) is -1.27. The van der Waals surface area contributed by atoms with Crippen LogP contribution in [0.3, 0.4) is 0 Å². The lowest BCUT2D eigenvalue weighted by atomic mass is 9.97. The van der Waals surface area contributed by atoms with Crippen molar-refractivity contribution in [3.8, 4) is 0 Å². The summed E-state index contributed by atoms with van der Waals surface area (Å²) in [5, 5.41) is 0. The van der Waals surface area contributed by atoms with Crippen LogP contribution < -0.4 is 0 Å². The molecule has 3 saturated heterocycles. The molecule has 6 atom stereocenters. The number of ether oxygens (including phenoxy) is 5. The first-order chi connectivity index (χ1) is 12.6. The Morgan fingerprint density at radius 2 is 1.70 bits per heavy atom. The van der Waals surface area contributed by atoms with Crippen LogP contribution in [0.15, 0.2) is 29.2 Å². The van der Waals surface area contributed by atoms with Crippen molar-refractivity contribution < 1.29 is 27.9 Å². The maximum absolute atomic E-state index is 13.0. The Balaban J connectivity index is 1.55. The van der Waals surface area contributed by atoms with Crippen molar-refractivity contribution in [1.29, 1.82) is 0 Å². The monoisotopic (exact) mass is 396 g/mol. The first kappa shape index (κ1) is 19.5. The summed E-state index contributed by atoms with van der Waals surface area (Å²) in [6, 6.07) is 7.80. The highest BCUT2D eigenvalue weighted by atomic mass is 32.2. The summed E-state index contributed by atoms with van der Waals surface area (Å²) in [5.74, 6) is -1.04. The lowest BCUT2D eigenvalue weighted by Gasteiger charge is -2.28. The van der Waals surface area contributed by atoms with Gasteiger partial charge in [-0.2, -0.15) is 0 Å². The predicted molar refractivity (Wildman–Crippen MR) is 99.5 cm³/mol. The molecule has 0 N–H and O–H groups in total. The van der Waals surface area contributed by atoms with E-state index in [9.17, 15) is 4.21 Å². The van der Waals surface area contributed by atoms with Gasteiger partial charge in [-0.05, 0) is 46.8 Å². The maximum atomic E-state index is 13.0. The average molecular weight is 397 g/mol. The molecule has 4 rings (SSSR count). The topological polar surface area (TPSA) is 63.2 Å². The van der Waals surface area contributed by atoms with Crippen LogP contribution in [-0.2, 0) is 34.5 Å². The van der Waals surface area contributed by atoms with Crippen LogP contribution in [0.25, 0.3) is 0 Å². The van der Waals surface area contributed by atoms with E-state index in [1.807, 2.05) is 58.9 Å². The molecule has 3 aliphatic heterocycles. The molecule has 6 nitrogen and oxygen atoms in total. The Hall–Kier alpha value is -0.830. The molecule has 150 valence electrons. The molecule has 7 heteroatoms. The molecule has 3 aliphatic rings. The van der Waals surface area contributed by atoms with E-state index in [2.05, 4.69) is 0 Å². The molecule has 4 unspecified atom stereocenters. The van der Waals surface area contributed by atoms with Crippen LogP contribution in [0.2, 0.25) is 0 Å². The highest BCUT2D eigenvalue weighted by molar-refractivity contribution is 7.85. The first-order valence-electron chi connectivity index (χ1n) is 9.41. The number of hydrogen-bond acceptors (Lipinski definition) is 6. The zero-order valence-electron chi connectivity index (χ0n) is 16.5. The fourth-order valence-corrected chi connectivity index (χ4v) is 5.35. The Morgan fingerprint density at radius 3 is 2.33 bits per heavy atom. The molecule has 27 heavy (non-hydrogen) atoms. The van der Waals surface area contributed by atoms with Gasteiger partial charge in [0.1, 0.15) is 12.2 Å². The number of benzene rings is 1. The smallest absolute Gasteiger partial charge is 0.187 e. The van der Waals surface area contributed by atoms with Gasteiger partial charge in [0.2, 0.25) is 0 Å².